The maximum Gasteiger partial charge on any atom is 0.197 e. The average molecular weight is 300 g/mol. The average Bonchev–Trinajstić information content (AvgIpc) is 2.44. The number of rotatable bonds is 9. The summed E-state index contributed by atoms with van der Waals surface area (Å²) in [5.41, 5.74) is 9.80. The summed E-state index contributed by atoms with van der Waals surface area (Å²) in [5, 5.41) is 6.03. The fourth-order valence-corrected chi connectivity index (χ4v) is 1.48. The van der Waals surface area contributed by atoms with Gasteiger partial charge in [-0.05, 0) is 38.0 Å². The Bertz CT molecular complexity index is 519. The van der Waals surface area contributed by atoms with Crippen LogP contribution in [0.1, 0.15) is 26.7 Å². The van der Waals surface area contributed by atoms with E-state index in [1.165, 1.54) is 0 Å². The van der Waals surface area contributed by atoms with E-state index in [1.807, 2.05) is 39.1 Å². The van der Waals surface area contributed by atoms with E-state index in [4.69, 9.17) is 5.73 Å². The van der Waals surface area contributed by atoms with Crippen molar-refractivity contribution in [2.75, 3.05) is 7.05 Å². The Morgan fingerprint density at radius 1 is 1.27 bits per heavy atom. The third kappa shape index (κ3) is 10.3. The quantitative estimate of drug-likeness (QED) is 0.264. The maximum atomic E-state index is 5.88. The highest BCUT2D eigenvalue weighted by atomic mass is 15.1. The zero-order chi connectivity index (χ0) is 17.0. The van der Waals surface area contributed by atoms with Gasteiger partial charge in [0, 0.05) is 31.1 Å². The van der Waals surface area contributed by atoms with Crippen LogP contribution in [-0.4, -0.2) is 13.0 Å². The topological polar surface area (TPSA) is 62.4 Å². The van der Waals surface area contributed by atoms with Crippen LogP contribution in [0.15, 0.2) is 77.8 Å². The molecule has 0 bridgehead atoms. The van der Waals surface area contributed by atoms with Crippen LogP contribution in [0.5, 0.6) is 0 Å². The SMILES string of the molecule is C=C/C=C(\C=C/CC(=C)C)NC(N)=N/C=C(\C)CC(=C)NC. The molecule has 0 atom stereocenters. The van der Waals surface area contributed by atoms with Crippen LogP contribution in [0.25, 0.3) is 0 Å². The molecule has 0 rings (SSSR count). The first-order chi connectivity index (χ1) is 10.4. The van der Waals surface area contributed by atoms with Gasteiger partial charge in [-0.15, -0.1) is 0 Å². The van der Waals surface area contributed by atoms with Crippen molar-refractivity contribution in [3.05, 3.63) is 72.8 Å². The van der Waals surface area contributed by atoms with Crippen molar-refractivity contribution in [1.82, 2.24) is 10.6 Å². The minimum Gasteiger partial charge on any atom is -0.392 e. The number of hydrogen-bond acceptors (Lipinski definition) is 2. The van der Waals surface area contributed by atoms with E-state index >= 15 is 0 Å². The maximum absolute atomic E-state index is 5.88. The molecular formula is C18H28N4. The van der Waals surface area contributed by atoms with Gasteiger partial charge in [-0.25, -0.2) is 4.99 Å². The number of nitrogens with one attached hydrogen (secondary N) is 2. The highest BCUT2D eigenvalue weighted by molar-refractivity contribution is 5.80. The Balaban J connectivity index is 4.75. The predicted molar refractivity (Wildman–Crippen MR) is 98.2 cm³/mol. The van der Waals surface area contributed by atoms with E-state index in [9.17, 15) is 0 Å². The number of nitrogens with zero attached hydrogens (tertiary/aromatic N) is 1. The fraction of sp³-hybridized carbons (Fsp3) is 0.278. The minimum atomic E-state index is 0.322. The summed E-state index contributed by atoms with van der Waals surface area (Å²) in [7, 11) is 1.85. The Labute approximate surface area is 134 Å². The molecule has 0 aromatic rings. The Morgan fingerprint density at radius 2 is 1.95 bits per heavy atom. The summed E-state index contributed by atoms with van der Waals surface area (Å²) in [6.07, 6.45) is 10.7. The van der Waals surface area contributed by atoms with Gasteiger partial charge in [0.25, 0.3) is 0 Å². The molecule has 4 N–H and O–H groups in total. The van der Waals surface area contributed by atoms with Gasteiger partial charge in [0.05, 0.1) is 0 Å². The molecule has 0 aliphatic heterocycles. The first kappa shape index (κ1) is 19.5. The molecule has 0 aromatic heterocycles. The van der Waals surface area contributed by atoms with Crippen molar-refractivity contribution >= 4 is 5.96 Å². The highest BCUT2D eigenvalue weighted by Crippen LogP contribution is 2.05. The zero-order valence-electron chi connectivity index (χ0n) is 13.9. The van der Waals surface area contributed by atoms with Crippen molar-refractivity contribution in [2.45, 2.75) is 26.7 Å². The lowest BCUT2D eigenvalue weighted by atomic mass is 10.2. The molecule has 0 radical (unpaired) electrons. The third-order valence-electron chi connectivity index (χ3n) is 2.60. The number of allylic oxidation sites excluding steroid dienone is 6. The Morgan fingerprint density at radius 3 is 2.50 bits per heavy atom. The normalized spacial score (nSPS) is 13.1. The standard InChI is InChI=1S/C18H28N4/c1-7-9-17(11-8-10-14(2)3)22-18(19)21-13-15(4)12-16(5)20-6/h7-9,11,13,20H,1-2,5,10,12H2,3-4,6H3,(H3,19,21,22)/b11-8-,15-13+,17-9+. The van der Waals surface area contributed by atoms with E-state index in [2.05, 4.69) is 35.4 Å². The second kappa shape index (κ2) is 11.2. The van der Waals surface area contributed by atoms with E-state index in [-0.39, 0.29) is 0 Å². The van der Waals surface area contributed by atoms with Crippen molar-refractivity contribution in [2.24, 2.45) is 10.7 Å². The number of nitrogens with two attached hydrogens (primary N) is 1. The van der Waals surface area contributed by atoms with Crippen molar-refractivity contribution in [3.63, 3.8) is 0 Å². The monoisotopic (exact) mass is 300 g/mol. The van der Waals surface area contributed by atoms with Crippen molar-refractivity contribution in [1.29, 1.82) is 0 Å². The number of aliphatic imine (C=N–C) groups is 1. The molecular weight excluding hydrogens is 272 g/mol. The van der Waals surface area contributed by atoms with Gasteiger partial charge < -0.3 is 16.4 Å². The first-order valence-electron chi connectivity index (χ1n) is 7.14. The molecule has 22 heavy (non-hydrogen) atoms. The number of guanidine groups is 1. The molecule has 4 heteroatoms. The second-order valence-electron chi connectivity index (χ2n) is 5.07. The largest absolute Gasteiger partial charge is 0.392 e. The summed E-state index contributed by atoms with van der Waals surface area (Å²) in [6, 6.07) is 0. The van der Waals surface area contributed by atoms with E-state index in [0.717, 1.165) is 35.4 Å². The minimum absolute atomic E-state index is 0.322. The lowest BCUT2D eigenvalue weighted by Crippen LogP contribution is -2.30. The lowest BCUT2D eigenvalue weighted by Gasteiger charge is -2.06. The van der Waals surface area contributed by atoms with Crippen LogP contribution in [0.2, 0.25) is 0 Å². The van der Waals surface area contributed by atoms with Gasteiger partial charge in [0.1, 0.15) is 0 Å². The van der Waals surface area contributed by atoms with Gasteiger partial charge >= 0.3 is 0 Å². The van der Waals surface area contributed by atoms with Gasteiger partial charge in [-0.3, -0.25) is 0 Å². The Hall–Kier alpha value is -2.49. The van der Waals surface area contributed by atoms with Crippen LogP contribution in [0.4, 0.5) is 0 Å². The van der Waals surface area contributed by atoms with E-state index < -0.39 is 0 Å². The molecule has 0 saturated heterocycles. The van der Waals surface area contributed by atoms with E-state index in [1.54, 1.807) is 12.3 Å². The summed E-state index contributed by atoms with van der Waals surface area (Å²) < 4.78 is 0. The third-order valence-corrected chi connectivity index (χ3v) is 2.60. The van der Waals surface area contributed by atoms with Gasteiger partial charge in [0.15, 0.2) is 5.96 Å². The molecule has 0 amide bonds. The molecule has 0 aliphatic carbocycles. The van der Waals surface area contributed by atoms with Crippen LogP contribution >= 0.6 is 0 Å². The van der Waals surface area contributed by atoms with Crippen LogP contribution < -0.4 is 16.4 Å². The van der Waals surface area contributed by atoms with E-state index in [0.29, 0.717) is 5.96 Å². The van der Waals surface area contributed by atoms with Crippen LogP contribution in [-0.2, 0) is 0 Å². The fourth-order valence-electron chi connectivity index (χ4n) is 1.48. The molecule has 0 aliphatic rings. The summed E-state index contributed by atoms with van der Waals surface area (Å²) >= 11 is 0. The molecule has 0 aromatic carbocycles. The van der Waals surface area contributed by atoms with Crippen molar-refractivity contribution < 1.29 is 0 Å². The highest BCUT2D eigenvalue weighted by Gasteiger charge is 1.95. The van der Waals surface area contributed by atoms with Crippen LogP contribution in [0, 0.1) is 0 Å². The molecule has 120 valence electrons. The molecule has 0 fully saturated rings. The first-order valence-corrected chi connectivity index (χ1v) is 7.14. The van der Waals surface area contributed by atoms with Crippen molar-refractivity contribution in [3.8, 4) is 0 Å². The van der Waals surface area contributed by atoms with Gasteiger partial charge in [-0.2, -0.15) is 0 Å². The van der Waals surface area contributed by atoms with Crippen LogP contribution in [0.3, 0.4) is 0 Å². The molecule has 0 unspecified atom stereocenters. The summed E-state index contributed by atoms with van der Waals surface area (Å²) in [5.74, 6) is 0.322. The Kier molecular flexibility index (Phi) is 9.93. The zero-order valence-corrected chi connectivity index (χ0v) is 13.9. The molecule has 0 saturated carbocycles. The molecule has 0 spiro atoms. The summed E-state index contributed by atoms with van der Waals surface area (Å²) in [4.78, 5) is 4.20. The lowest BCUT2D eigenvalue weighted by molar-refractivity contribution is 0.916. The smallest absolute Gasteiger partial charge is 0.197 e. The van der Waals surface area contributed by atoms with Gasteiger partial charge in [0.2, 0.25) is 0 Å². The summed E-state index contributed by atoms with van der Waals surface area (Å²) in [6.45, 7) is 15.4. The number of hydrogen-bond donors (Lipinski definition) is 3. The molecule has 0 heterocycles. The molecule has 4 nitrogen and oxygen atoms in total. The predicted octanol–water partition coefficient (Wildman–Crippen LogP) is 3.51. The second-order valence-corrected chi connectivity index (χ2v) is 5.07. The van der Waals surface area contributed by atoms with Gasteiger partial charge in [-0.1, -0.05) is 37.5 Å².